The first-order chi connectivity index (χ1) is 20.3. The van der Waals surface area contributed by atoms with Crippen LogP contribution in [0.15, 0.2) is 47.7 Å². The third-order valence-electron chi connectivity index (χ3n) is 7.03. The minimum atomic E-state index is -0.540. The maximum atomic E-state index is 13.0. The van der Waals surface area contributed by atoms with Gasteiger partial charge in [0.1, 0.15) is 44.9 Å². The van der Waals surface area contributed by atoms with Gasteiger partial charge in [-0.05, 0) is 56.1 Å². The fourth-order valence-electron chi connectivity index (χ4n) is 4.68. The number of thiazole rings is 1. The van der Waals surface area contributed by atoms with Crippen molar-refractivity contribution >= 4 is 58.3 Å². The molecule has 1 aliphatic heterocycles. The highest BCUT2D eigenvalue weighted by molar-refractivity contribution is 7.17. The number of likely N-dealkylation sites (tertiary alicyclic amines) is 1. The van der Waals surface area contributed by atoms with Crippen LogP contribution in [-0.2, 0) is 9.59 Å². The molecule has 2 aromatic rings. The second-order valence-electron chi connectivity index (χ2n) is 12.1. The first-order valence-corrected chi connectivity index (χ1v) is 15.1. The van der Waals surface area contributed by atoms with Crippen LogP contribution in [0.1, 0.15) is 28.9 Å². The molecule has 1 unspecified atom stereocenters. The molecule has 1 aromatic carbocycles. The van der Waals surface area contributed by atoms with E-state index in [2.05, 4.69) is 38.2 Å². The molecule has 2 fully saturated rings. The number of allylic oxidation sites excluding steroid dienone is 1. The molecule has 43 heavy (non-hydrogen) atoms. The number of carbonyl (C=O) groups excluding carboxylic acids is 3. The van der Waals surface area contributed by atoms with Gasteiger partial charge in [0.15, 0.2) is 5.75 Å². The summed E-state index contributed by atoms with van der Waals surface area (Å²) in [6, 6.07) is 5.38. The maximum absolute atomic E-state index is 13.0. The van der Waals surface area contributed by atoms with E-state index in [0.29, 0.717) is 39.3 Å². The molecule has 2 heterocycles. The third kappa shape index (κ3) is 8.80. The minimum Gasteiger partial charge on any atom is -0.494 e. The van der Waals surface area contributed by atoms with Crippen molar-refractivity contribution in [3.05, 3.63) is 52.6 Å². The molecule has 8 N–H and O–H groups in total. The molecule has 1 saturated carbocycles. The van der Waals surface area contributed by atoms with Crippen LogP contribution in [0.5, 0.6) is 5.75 Å². The molecule has 4 rings (SSSR count). The second kappa shape index (κ2) is 13.6. The number of nitrogens with one attached hydrogen (secondary N) is 4. The summed E-state index contributed by atoms with van der Waals surface area (Å²) in [6.45, 7) is 2.63. The lowest BCUT2D eigenvalue weighted by Gasteiger charge is -2.22. The van der Waals surface area contributed by atoms with Gasteiger partial charge in [0, 0.05) is 25.1 Å². The summed E-state index contributed by atoms with van der Waals surface area (Å²) in [5, 5.41) is 11.7. The molecule has 1 saturated heterocycles. The van der Waals surface area contributed by atoms with E-state index in [0.717, 1.165) is 32.4 Å². The number of methoxy groups -OCH3 is 1. The standard InChI is InChI=1S/C27H39B3N8O4S/c1-38-9-8-14(13-38)11-33-24(40)19-12-34-26(43-19)16-4-3-5-17(22(16)42-2)35-18(21(32)25(41)37-27(28,29)30)10-20(31)36-23(39)15-6-7-15/h3-5,10,12,14-15,35H,6-9,11,13,28-32H2,1-2H3,(H,33,40)(H,36,39)(H,37,41)/b20-10+,21-18+. The van der Waals surface area contributed by atoms with Gasteiger partial charge >= 0.3 is 0 Å². The number of nitrogens with two attached hydrogens (primary N) is 2. The first kappa shape index (κ1) is 32.0. The number of benzene rings is 1. The predicted octanol–water partition coefficient (Wildman–Crippen LogP) is -1.96. The highest BCUT2D eigenvalue weighted by Crippen LogP contribution is 2.39. The zero-order valence-corrected chi connectivity index (χ0v) is 26.2. The van der Waals surface area contributed by atoms with Crippen LogP contribution >= 0.6 is 11.3 Å². The van der Waals surface area contributed by atoms with E-state index in [4.69, 9.17) is 16.2 Å². The van der Waals surface area contributed by atoms with Crippen molar-refractivity contribution in [1.82, 2.24) is 25.8 Å². The largest absolute Gasteiger partial charge is 0.494 e. The fourth-order valence-corrected chi connectivity index (χ4v) is 5.54. The number of amides is 3. The lowest BCUT2D eigenvalue weighted by atomic mass is 9.49. The molecule has 0 radical (unpaired) electrons. The van der Waals surface area contributed by atoms with Crippen molar-refractivity contribution in [1.29, 1.82) is 0 Å². The number of hydrogen-bond acceptors (Lipinski definition) is 10. The molecule has 1 atom stereocenters. The Bertz CT molecular complexity index is 1440. The van der Waals surface area contributed by atoms with Crippen LogP contribution in [0.2, 0.25) is 0 Å². The molecular formula is C27H39B3N8O4S. The number of para-hydroxylation sites is 1. The quantitative estimate of drug-likeness (QED) is 0.0913. The van der Waals surface area contributed by atoms with Gasteiger partial charge in [-0.3, -0.25) is 14.4 Å². The minimum absolute atomic E-state index is 0.0425. The molecule has 3 amide bonds. The van der Waals surface area contributed by atoms with Gasteiger partial charge in [-0.2, -0.15) is 0 Å². The zero-order chi connectivity index (χ0) is 31.3. The fraction of sp³-hybridized carbons (Fsp3) is 0.407. The van der Waals surface area contributed by atoms with Crippen LogP contribution in [0.4, 0.5) is 5.69 Å². The van der Waals surface area contributed by atoms with Crippen molar-refractivity contribution in [3.63, 3.8) is 0 Å². The number of anilines is 1. The van der Waals surface area contributed by atoms with E-state index in [1.807, 2.05) is 29.6 Å². The number of ether oxygens (including phenoxy) is 1. The summed E-state index contributed by atoms with van der Waals surface area (Å²) in [4.78, 5) is 45.4. The van der Waals surface area contributed by atoms with Crippen LogP contribution in [0.25, 0.3) is 10.6 Å². The van der Waals surface area contributed by atoms with Crippen molar-refractivity contribution in [2.24, 2.45) is 23.3 Å². The van der Waals surface area contributed by atoms with Gasteiger partial charge in [0.2, 0.25) is 5.91 Å². The highest BCUT2D eigenvalue weighted by atomic mass is 32.1. The van der Waals surface area contributed by atoms with Crippen molar-refractivity contribution in [2.45, 2.75) is 24.5 Å². The Morgan fingerprint density at radius 2 is 1.95 bits per heavy atom. The molecule has 0 bridgehead atoms. The molecule has 1 aromatic heterocycles. The molecule has 1 aliphatic carbocycles. The average Bonchev–Trinajstić information content (AvgIpc) is 3.54. The number of aromatic nitrogens is 1. The normalized spacial score (nSPS) is 18.0. The summed E-state index contributed by atoms with van der Waals surface area (Å²) in [6.07, 6.45) is 5.67. The Morgan fingerprint density at radius 3 is 2.58 bits per heavy atom. The Kier molecular flexibility index (Phi) is 10.1. The monoisotopic (exact) mass is 604 g/mol. The van der Waals surface area contributed by atoms with Crippen molar-refractivity contribution in [3.8, 4) is 16.3 Å². The Labute approximate surface area is 258 Å². The zero-order valence-electron chi connectivity index (χ0n) is 25.4. The van der Waals surface area contributed by atoms with Crippen LogP contribution in [-0.4, -0.2) is 90.2 Å². The van der Waals surface area contributed by atoms with Crippen molar-refractivity contribution in [2.75, 3.05) is 39.1 Å². The molecule has 12 nitrogen and oxygen atoms in total. The summed E-state index contributed by atoms with van der Waals surface area (Å²) >= 11 is 1.26. The molecular weight excluding hydrogens is 565 g/mol. The lowest BCUT2D eigenvalue weighted by Crippen LogP contribution is -2.51. The van der Waals surface area contributed by atoms with Crippen LogP contribution in [0.3, 0.4) is 0 Å². The smallest absolute Gasteiger partial charge is 0.267 e. The van der Waals surface area contributed by atoms with E-state index in [1.165, 1.54) is 24.5 Å². The number of hydrogen-bond donors (Lipinski definition) is 6. The third-order valence-corrected chi connectivity index (χ3v) is 8.06. The number of rotatable bonds is 12. The Balaban J connectivity index is 1.59. The van der Waals surface area contributed by atoms with E-state index in [9.17, 15) is 14.4 Å². The average molecular weight is 604 g/mol. The summed E-state index contributed by atoms with van der Waals surface area (Å²) in [7, 11) is 9.12. The van der Waals surface area contributed by atoms with Gasteiger partial charge in [0.05, 0.1) is 30.3 Å². The first-order valence-electron chi connectivity index (χ1n) is 14.3. The van der Waals surface area contributed by atoms with E-state index in [1.54, 1.807) is 18.3 Å². The van der Waals surface area contributed by atoms with Crippen LogP contribution < -0.4 is 37.5 Å². The Hall–Kier alpha value is -3.91. The summed E-state index contributed by atoms with van der Waals surface area (Å²) < 4.78 is 5.77. The van der Waals surface area contributed by atoms with Gasteiger partial charge in [-0.1, -0.05) is 6.07 Å². The topological polar surface area (TPSA) is 177 Å². The van der Waals surface area contributed by atoms with E-state index < -0.39 is 11.1 Å². The van der Waals surface area contributed by atoms with E-state index in [-0.39, 0.29) is 34.9 Å². The van der Waals surface area contributed by atoms with Crippen molar-refractivity contribution < 1.29 is 19.1 Å². The van der Waals surface area contributed by atoms with Crippen LogP contribution in [0, 0.1) is 11.8 Å². The molecule has 0 spiro atoms. The lowest BCUT2D eigenvalue weighted by molar-refractivity contribution is -0.121. The summed E-state index contributed by atoms with van der Waals surface area (Å²) in [5.41, 5.74) is 13.6. The maximum Gasteiger partial charge on any atom is 0.267 e. The number of carbonyl (C=O) groups is 3. The van der Waals surface area contributed by atoms with Gasteiger partial charge in [-0.25, -0.2) is 4.98 Å². The Morgan fingerprint density at radius 1 is 1.21 bits per heavy atom. The highest BCUT2D eigenvalue weighted by Gasteiger charge is 2.30. The number of nitrogens with zero attached hydrogens (tertiary/aromatic N) is 2. The van der Waals surface area contributed by atoms with E-state index >= 15 is 0 Å². The second-order valence-corrected chi connectivity index (χ2v) is 13.1. The molecule has 2 aliphatic rings. The molecule has 16 heteroatoms. The molecule has 226 valence electrons. The summed E-state index contributed by atoms with van der Waals surface area (Å²) in [5.74, 6) is -0.000613. The SMILES string of the molecule is BC(B)(B)NC(=O)/C(N)=C(/C=C(\N)NC(=O)C1CC1)Nc1cccc(-c2ncc(C(=O)NCC3CCN(C)C3)s2)c1OC. The predicted molar refractivity (Wildman–Crippen MR) is 177 cm³/mol. The van der Waals surface area contributed by atoms with Gasteiger partial charge < -0.3 is 42.4 Å². The van der Waals surface area contributed by atoms with Gasteiger partial charge in [0.25, 0.3) is 11.8 Å². The van der Waals surface area contributed by atoms with Gasteiger partial charge in [-0.15, -0.1) is 11.3 Å².